The average molecular weight is 746 g/mol. The number of benzene rings is 2. The van der Waals surface area contributed by atoms with Gasteiger partial charge in [-0.3, -0.25) is 19.0 Å². The van der Waals surface area contributed by atoms with Crippen molar-refractivity contribution in [1.29, 1.82) is 0 Å². The van der Waals surface area contributed by atoms with Crippen LogP contribution >= 0.6 is 11.6 Å². The number of ether oxygens (including phenoxy) is 2. The monoisotopic (exact) mass is 745 g/mol. The Morgan fingerprint density at radius 3 is 2.77 bits per heavy atom. The lowest BCUT2D eigenvalue weighted by molar-refractivity contribution is 0.0131. The third kappa shape index (κ3) is 6.92. The fourth-order valence-corrected chi connectivity index (χ4v) is 11.0. The minimum Gasteiger partial charge on any atom is -0.490 e. The Morgan fingerprint density at radius 2 is 2.00 bits per heavy atom. The summed E-state index contributed by atoms with van der Waals surface area (Å²) in [5, 5.41) is 5.12. The molecule has 2 saturated carbocycles. The van der Waals surface area contributed by atoms with Crippen LogP contribution in [-0.4, -0.2) is 64.5 Å². The zero-order valence-electron chi connectivity index (χ0n) is 30.0. The van der Waals surface area contributed by atoms with E-state index in [1.54, 1.807) is 24.1 Å². The first kappa shape index (κ1) is 35.4. The number of amides is 2. The zero-order chi connectivity index (χ0) is 36.0. The number of allylic oxidation sites excluding steroid dienone is 1. The van der Waals surface area contributed by atoms with E-state index in [0.29, 0.717) is 41.7 Å². The highest BCUT2D eigenvalue weighted by Crippen LogP contribution is 2.47. The van der Waals surface area contributed by atoms with Gasteiger partial charge in [0.2, 0.25) is 0 Å². The number of carbonyl (C=O) groups is 2. The van der Waals surface area contributed by atoms with Gasteiger partial charge in [0, 0.05) is 42.4 Å². The van der Waals surface area contributed by atoms with Gasteiger partial charge in [0.1, 0.15) is 15.7 Å². The van der Waals surface area contributed by atoms with Gasteiger partial charge in [-0.05, 0) is 117 Å². The summed E-state index contributed by atoms with van der Waals surface area (Å²) in [5.41, 5.74) is 3.72. The number of carbonyl (C=O) groups excluding carboxylic acids is 2. The quantitative estimate of drug-likeness (QED) is 0.278. The van der Waals surface area contributed by atoms with E-state index in [4.69, 9.17) is 21.1 Å². The fraction of sp³-hybridized carbons (Fsp3) is 0.525. The number of methoxy groups -OCH3 is 1. The van der Waals surface area contributed by atoms with Crippen molar-refractivity contribution in [3.8, 4) is 5.75 Å². The molecule has 2 amide bonds. The van der Waals surface area contributed by atoms with Crippen LogP contribution in [0.25, 0.3) is 0 Å². The van der Waals surface area contributed by atoms with E-state index in [1.165, 1.54) is 17.3 Å². The van der Waals surface area contributed by atoms with Crippen molar-refractivity contribution in [2.75, 3.05) is 37.5 Å². The highest BCUT2D eigenvalue weighted by Gasteiger charge is 2.44. The minimum atomic E-state index is -3.52. The Bertz CT molecular complexity index is 2020. The van der Waals surface area contributed by atoms with Crippen LogP contribution in [0.1, 0.15) is 96.2 Å². The average Bonchev–Trinajstić information content (AvgIpc) is 3.50. The Morgan fingerprint density at radius 1 is 1.13 bits per heavy atom. The van der Waals surface area contributed by atoms with E-state index in [-0.39, 0.29) is 29.2 Å². The second-order valence-corrected chi connectivity index (χ2v) is 18.1. The number of nitrogens with zero attached hydrogens (tertiary/aromatic N) is 4. The molecule has 2 aromatic carbocycles. The number of aryl methyl sites for hydroxylation is 1. The van der Waals surface area contributed by atoms with E-state index in [9.17, 15) is 13.8 Å². The molecule has 3 aromatic rings. The number of anilines is 1. The Kier molecular flexibility index (Phi) is 9.72. The third-order valence-electron chi connectivity index (χ3n) is 12.1. The topological polar surface area (TPSA) is 115 Å². The van der Waals surface area contributed by atoms with Gasteiger partial charge in [-0.25, -0.2) is 4.21 Å². The Hall–Kier alpha value is -3.67. The number of nitrogens with one attached hydrogen (secondary N) is 1. The molecule has 12 heteroatoms. The second-order valence-electron chi connectivity index (χ2n) is 15.7. The Labute approximate surface area is 311 Å². The number of aromatic nitrogens is 2. The van der Waals surface area contributed by atoms with Crippen molar-refractivity contribution in [2.24, 2.45) is 22.1 Å². The van der Waals surface area contributed by atoms with Crippen molar-refractivity contribution < 1.29 is 23.3 Å². The summed E-state index contributed by atoms with van der Waals surface area (Å²) in [5.74, 6) is 0.132. The van der Waals surface area contributed by atoms with Crippen LogP contribution in [0.3, 0.4) is 0 Å². The molecule has 52 heavy (non-hydrogen) atoms. The summed E-state index contributed by atoms with van der Waals surface area (Å²) < 4.78 is 36.1. The number of hydrogen-bond donors (Lipinski definition) is 1. The predicted molar refractivity (Wildman–Crippen MR) is 202 cm³/mol. The molecule has 10 nitrogen and oxygen atoms in total. The van der Waals surface area contributed by atoms with Crippen LogP contribution in [0.2, 0.25) is 5.02 Å². The van der Waals surface area contributed by atoms with Crippen molar-refractivity contribution in [1.82, 2.24) is 14.5 Å². The summed E-state index contributed by atoms with van der Waals surface area (Å²) >= 11 is 6.47. The van der Waals surface area contributed by atoms with Gasteiger partial charge in [0.15, 0.2) is 0 Å². The fourth-order valence-electron chi connectivity index (χ4n) is 8.88. The molecule has 3 aliphatic carbocycles. The van der Waals surface area contributed by atoms with Gasteiger partial charge in [-0.2, -0.15) is 5.10 Å². The van der Waals surface area contributed by atoms with Gasteiger partial charge < -0.3 is 14.4 Å². The molecule has 1 N–H and O–H groups in total. The lowest BCUT2D eigenvalue weighted by Gasteiger charge is -2.46. The first-order chi connectivity index (χ1) is 25.1. The van der Waals surface area contributed by atoms with E-state index >= 15 is 0 Å². The van der Waals surface area contributed by atoms with Gasteiger partial charge >= 0.3 is 0 Å². The first-order valence-electron chi connectivity index (χ1n) is 18.8. The van der Waals surface area contributed by atoms with Crippen LogP contribution in [0.15, 0.2) is 65.3 Å². The van der Waals surface area contributed by atoms with Crippen LogP contribution in [0.5, 0.6) is 5.75 Å². The molecule has 276 valence electrons. The lowest BCUT2D eigenvalue weighted by atomic mass is 9.68. The van der Waals surface area contributed by atoms with E-state index < -0.39 is 21.7 Å². The molecule has 0 saturated heterocycles. The summed E-state index contributed by atoms with van der Waals surface area (Å²) in [6.07, 6.45) is 16.3. The molecule has 3 heterocycles. The standard InChI is InChI=1S/C40H48ClN5O5S/c1-26-6-3-10-36(50-2)33-14-11-29(33)21-45-24-40(17-5-7-27-18-31(41)13-15-34(27)40)25-51-37-16-12-28(19-35(37)45)38(47)43-52(49,23-26)44-39(48)30-20-42-46(22-30)32-8-4-9-32/h3,10,12-13,15-16,18-20,22,26,29,32-33,36H,4-9,11,14,17,21,23-25H2,1-2H3,(H,43,44,47,48,49)/b10-3+/t26-,29-,33+,36-,40-,52-/m0/s1. The lowest BCUT2D eigenvalue weighted by Crippen LogP contribution is -2.49. The van der Waals surface area contributed by atoms with Crippen LogP contribution in [0, 0.1) is 17.8 Å². The van der Waals surface area contributed by atoms with Gasteiger partial charge in [0.05, 0.1) is 42.0 Å². The molecule has 2 bridgehead atoms. The molecular weight excluding hydrogens is 698 g/mol. The van der Waals surface area contributed by atoms with E-state index in [0.717, 1.165) is 75.2 Å². The van der Waals surface area contributed by atoms with Crippen LogP contribution < -0.4 is 14.4 Å². The number of fused-ring (bicyclic) bond motifs is 4. The largest absolute Gasteiger partial charge is 0.490 e. The maximum Gasteiger partial charge on any atom is 0.286 e. The van der Waals surface area contributed by atoms with Gasteiger partial charge in [-0.1, -0.05) is 36.7 Å². The maximum absolute atomic E-state index is 14.6. The summed E-state index contributed by atoms with van der Waals surface area (Å²) in [4.78, 5) is 30.0. The minimum absolute atomic E-state index is 0.0153. The summed E-state index contributed by atoms with van der Waals surface area (Å²) in [6, 6.07) is 11.9. The van der Waals surface area contributed by atoms with Crippen molar-refractivity contribution in [3.05, 3.63) is 88.2 Å². The molecule has 1 spiro atoms. The highest BCUT2D eigenvalue weighted by atomic mass is 35.5. The van der Waals surface area contributed by atoms with E-state index in [1.807, 2.05) is 25.1 Å². The molecule has 2 aliphatic heterocycles. The maximum atomic E-state index is 14.6. The molecule has 8 rings (SSSR count). The predicted octanol–water partition coefficient (Wildman–Crippen LogP) is 7.33. The van der Waals surface area contributed by atoms with E-state index in [2.05, 4.69) is 43.4 Å². The third-order valence-corrected chi connectivity index (χ3v) is 14.3. The zero-order valence-corrected chi connectivity index (χ0v) is 31.5. The molecule has 2 fully saturated rings. The van der Waals surface area contributed by atoms with Crippen molar-refractivity contribution in [2.45, 2.75) is 82.3 Å². The second kappa shape index (κ2) is 14.3. The number of halogens is 1. The normalized spacial score (nSPS) is 31.1. The number of hydrogen-bond acceptors (Lipinski definition) is 7. The van der Waals surface area contributed by atoms with Crippen molar-refractivity contribution in [3.63, 3.8) is 0 Å². The Balaban J connectivity index is 1.17. The number of rotatable bonds is 4. The molecule has 0 radical (unpaired) electrons. The van der Waals surface area contributed by atoms with Gasteiger partial charge in [-0.15, -0.1) is 4.36 Å². The SMILES string of the molecule is CO[C@H]1/C=C/C[C@H](C)C[S@@](=O)(NC(=O)c2cnn(C3CCC3)c2)=NC(=O)c2ccc3c(c2)N(C[C@@H]2CC[C@H]21)C[C@@]1(CCCc2cc(Cl)ccc21)CO3. The van der Waals surface area contributed by atoms with Crippen molar-refractivity contribution >= 4 is 39.0 Å². The molecule has 1 aromatic heterocycles. The molecule has 5 aliphatic rings. The van der Waals surface area contributed by atoms with Gasteiger partial charge in [0.25, 0.3) is 11.8 Å². The molecule has 6 atom stereocenters. The highest BCUT2D eigenvalue weighted by molar-refractivity contribution is 7.92. The van der Waals surface area contributed by atoms with Crippen LogP contribution in [-0.2, 0) is 26.5 Å². The summed E-state index contributed by atoms with van der Waals surface area (Å²) in [6.45, 7) is 3.98. The smallest absolute Gasteiger partial charge is 0.286 e. The van der Waals surface area contributed by atoms with Crippen LogP contribution in [0.4, 0.5) is 5.69 Å². The molecule has 0 unspecified atom stereocenters. The summed E-state index contributed by atoms with van der Waals surface area (Å²) in [7, 11) is -1.75. The first-order valence-corrected chi connectivity index (χ1v) is 20.8. The molecular formula is C40H48ClN5O5S.